The van der Waals surface area contributed by atoms with Crippen molar-refractivity contribution in [1.29, 1.82) is 0 Å². The number of hydrogen-bond acceptors (Lipinski definition) is 2. The minimum Gasteiger partial charge on any atom is -0.356 e. The molecule has 0 radical (unpaired) electrons. The maximum Gasteiger partial charge on any atom is 0.253 e. The third kappa shape index (κ3) is 4.71. The highest BCUT2D eigenvalue weighted by Crippen LogP contribution is 2.23. The number of nitrogens with zero attached hydrogens (tertiary/aromatic N) is 1. The average Bonchev–Trinajstić information content (AvgIpc) is 2.44. The van der Waals surface area contributed by atoms with Gasteiger partial charge in [-0.1, -0.05) is 27.5 Å². The molecule has 1 aromatic carbocycles. The van der Waals surface area contributed by atoms with Crippen molar-refractivity contribution in [3.05, 3.63) is 33.3 Å². The lowest BCUT2D eigenvalue weighted by molar-refractivity contribution is -0.119. The van der Waals surface area contributed by atoms with E-state index in [9.17, 15) is 9.59 Å². The molecule has 0 aliphatic carbocycles. The highest BCUT2D eigenvalue weighted by Gasteiger charge is 2.24. The van der Waals surface area contributed by atoms with Crippen LogP contribution in [-0.2, 0) is 4.79 Å². The van der Waals surface area contributed by atoms with E-state index < -0.39 is 0 Å². The van der Waals surface area contributed by atoms with E-state index in [1.165, 1.54) is 6.92 Å². The number of likely N-dealkylation sites (tertiary alicyclic amines) is 1. The SMILES string of the molecule is CC(=O)NCC1CCN(C(=O)c2cc(Cl)cc(Br)c2)CC1. The first-order valence-corrected chi connectivity index (χ1v) is 8.12. The molecule has 1 fully saturated rings. The fourth-order valence-electron chi connectivity index (χ4n) is 2.49. The van der Waals surface area contributed by atoms with Crippen molar-refractivity contribution in [2.45, 2.75) is 19.8 Å². The molecule has 1 N–H and O–H groups in total. The molecule has 21 heavy (non-hydrogen) atoms. The Kier molecular flexibility index (Phi) is 5.65. The summed E-state index contributed by atoms with van der Waals surface area (Å²) in [6, 6.07) is 5.24. The van der Waals surface area contributed by atoms with Gasteiger partial charge >= 0.3 is 0 Å². The minimum absolute atomic E-state index is 0.00252. The summed E-state index contributed by atoms with van der Waals surface area (Å²) in [5, 5.41) is 3.39. The van der Waals surface area contributed by atoms with E-state index in [1.54, 1.807) is 18.2 Å². The Morgan fingerprint density at radius 2 is 2.00 bits per heavy atom. The molecule has 0 atom stereocenters. The summed E-state index contributed by atoms with van der Waals surface area (Å²) in [5.41, 5.74) is 0.606. The monoisotopic (exact) mass is 372 g/mol. The summed E-state index contributed by atoms with van der Waals surface area (Å²) in [4.78, 5) is 25.2. The Morgan fingerprint density at radius 3 is 2.57 bits per heavy atom. The fourth-order valence-corrected chi connectivity index (χ4v) is 3.35. The number of piperidine rings is 1. The van der Waals surface area contributed by atoms with Gasteiger partial charge in [0, 0.05) is 41.6 Å². The fraction of sp³-hybridized carbons (Fsp3) is 0.467. The molecule has 0 aromatic heterocycles. The standard InChI is InChI=1S/C15H18BrClN2O2/c1-10(20)18-9-11-2-4-19(5-3-11)15(21)12-6-13(16)8-14(17)7-12/h6-8,11H,2-5,9H2,1H3,(H,18,20). The number of halogens is 2. The van der Waals surface area contributed by atoms with Gasteiger partial charge in [-0.05, 0) is 37.0 Å². The van der Waals surface area contributed by atoms with Gasteiger partial charge in [-0.3, -0.25) is 9.59 Å². The average molecular weight is 374 g/mol. The quantitative estimate of drug-likeness (QED) is 0.885. The molecule has 1 aromatic rings. The van der Waals surface area contributed by atoms with Gasteiger partial charge in [0.2, 0.25) is 5.91 Å². The summed E-state index contributed by atoms with van der Waals surface area (Å²) in [6.45, 7) is 3.65. The van der Waals surface area contributed by atoms with Gasteiger partial charge in [-0.15, -0.1) is 0 Å². The Bertz CT molecular complexity index is 522. The highest BCUT2D eigenvalue weighted by atomic mass is 79.9. The van der Waals surface area contributed by atoms with Crippen LogP contribution in [0.3, 0.4) is 0 Å². The van der Waals surface area contributed by atoms with Crippen LogP contribution in [-0.4, -0.2) is 36.3 Å². The van der Waals surface area contributed by atoms with E-state index in [4.69, 9.17) is 11.6 Å². The summed E-state index contributed by atoms with van der Waals surface area (Å²) >= 11 is 9.34. The molecule has 1 aliphatic heterocycles. The van der Waals surface area contributed by atoms with Gasteiger partial charge in [-0.2, -0.15) is 0 Å². The molecule has 2 rings (SSSR count). The number of benzene rings is 1. The Hall–Kier alpha value is -1.07. The first kappa shape index (κ1) is 16.3. The van der Waals surface area contributed by atoms with Gasteiger partial charge in [0.1, 0.15) is 0 Å². The lowest BCUT2D eigenvalue weighted by Crippen LogP contribution is -2.41. The molecule has 114 valence electrons. The summed E-state index contributed by atoms with van der Waals surface area (Å²) in [7, 11) is 0. The predicted molar refractivity (Wildman–Crippen MR) is 86.5 cm³/mol. The second-order valence-electron chi connectivity index (χ2n) is 5.33. The van der Waals surface area contributed by atoms with Crippen LogP contribution in [0.1, 0.15) is 30.1 Å². The van der Waals surface area contributed by atoms with E-state index in [1.807, 2.05) is 4.90 Å². The lowest BCUT2D eigenvalue weighted by Gasteiger charge is -2.32. The van der Waals surface area contributed by atoms with Crippen LogP contribution in [0, 0.1) is 5.92 Å². The number of amides is 2. The van der Waals surface area contributed by atoms with Crippen LogP contribution in [0.2, 0.25) is 5.02 Å². The topological polar surface area (TPSA) is 49.4 Å². The third-order valence-electron chi connectivity index (χ3n) is 3.65. The number of nitrogens with one attached hydrogen (secondary N) is 1. The van der Waals surface area contributed by atoms with Crippen molar-refractivity contribution in [2.24, 2.45) is 5.92 Å². The van der Waals surface area contributed by atoms with Crippen LogP contribution < -0.4 is 5.32 Å². The summed E-state index contributed by atoms with van der Waals surface area (Å²) in [6.07, 6.45) is 1.82. The van der Waals surface area contributed by atoms with E-state index in [0.717, 1.165) is 17.3 Å². The normalized spacial score (nSPS) is 15.9. The molecule has 1 aliphatic rings. The highest BCUT2D eigenvalue weighted by molar-refractivity contribution is 9.10. The van der Waals surface area contributed by atoms with Crippen molar-refractivity contribution < 1.29 is 9.59 Å². The number of hydrogen-bond donors (Lipinski definition) is 1. The summed E-state index contributed by atoms with van der Waals surface area (Å²) in [5.74, 6) is 0.456. The van der Waals surface area contributed by atoms with Crippen molar-refractivity contribution in [3.63, 3.8) is 0 Å². The van der Waals surface area contributed by atoms with Crippen LogP contribution in [0.25, 0.3) is 0 Å². The molecule has 0 unspecified atom stereocenters. The Labute approximate surface area is 138 Å². The van der Waals surface area contributed by atoms with Crippen LogP contribution >= 0.6 is 27.5 Å². The number of carbonyl (C=O) groups excluding carboxylic acids is 2. The Morgan fingerprint density at radius 1 is 1.33 bits per heavy atom. The molecule has 0 saturated carbocycles. The predicted octanol–water partition coefficient (Wildman–Crippen LogP) is 3.09. The third-order valence-corrected chi connectivity index (χ3v) is 4.33. The van der Waals surface area contributed by atoms with Crippen molar-refractivity contribution in [1.82, 2.24) is 10.2 Å². The van der Waals surface area contributed by atoms with Gasteiger partial charge in [0.05, 0.1) is 0 Å². The number of rotatable bonds is 3. The van der Waals surface area contributed by atoms with Gasteiger partial charge in [0.25, 0.3) is 5.91 Å². The van der Waals surface area contributed by atoms with Crippen LogP contribution in [0.4, 0.5) is 0 Å². The molecular formula is C15H18BrClN2O2. The van der Waals surface area contributed by atoms with Crippen molar-refractivity contribution in [2.75, 3.05) is 19.6 Å². The van der Waals surface area contributed by atoms with Crippen molar-refractivity contribution >= 4 is 39.3 Å². The van der Waals surface area contributed by atoms with E-state index in [0.29, 0.717) is 36.1 Å². The molecule has 0 spiro atoms. The second kappa shape index (κ2) is 7.27. The summed E-state index contributed by atoms with van der Waals surface area (Å²) < 4.78 is 0.805. The molecule has 6 heteroatoms. The van der Waals surface area contributed by atoms with Crippen molar-refractivity contribution in [3.8, 4) is 0 Å². The van der Waals surface area contributed by atoms with Crippen LogP contribution in [0.5, 0.6) is 0 Å². The Balaban J connectivity index is 1.92. The van der Waals surface area contributed by atoms with E-state index in [2.05, 4.69) is 21.2 Å². The minimum atomic E-state index is -0.00252. The number of carbonyl (C=O) groups is 2. The zero-order chi connectivity index (χ0) is 15.4. The molecule has 1 heterocycles. The molecular weight excluding hydrogens is 356 g/mol. The maximum atomic E-state index is 12.5. The molecule has 0 bridgehead atoms. The van der Waals surface area contributed by atoms with Gasteiger partial charge in [0.15, 0.2) is 0 Å². The smallest absolute Gasteiger partial charge is 0.253 e. The zero-order valence-electron chi connectivity index (χ0n) is 11.9. The molecule has 1 saturated heterocycles. The van der Waals surface area contributed by atoms with Gasteiger partial charge < -0.3 is 10.2 Å². The van der Waals surface area contributed by atoms with E-state index in [-0.39, 0.29) is 11.8 Å². The van der Waals surface area contributed by atoms with Gasteiger partial charge in [-0.25, -0.2) is 0 Å². The molecule has 2 amide bonds. The maximum absolute atomic E-state index is 12.5. The molecule has 4 nitrogen and oxygen atoms in total. The first-order valence-electron chi connectivity index (χ1n) is 6.95. The van der Waals surface area contributed by atoms with E-state index >= 15 is 0 Å². The van der Waals surface area contributed by atoms with Crippen LogP contribution in [0.15, 0.2) is 22.7 Å². The second-order valence-corrected chi connectivity index (χ2v) is 6.68. The largest absolute Gasteiger partial charge is 0.356 e. The lowest BCUT2D eigenvalue weighted by atomic mass is 9.96. The zero-order valence-corrected chi connectivity index (χ0v) is 14.2. The first-order chi connectivity index (χ1) is 9.95.